The fraction of sp³-hybridized carbons (Fsp3) is 0.478. The Hall–Kier alpha value is -1.96. The molecule has 1 atom stereocenters. The third kappa shape index (κ3) is 6.79. The van der Waals surface area contributed by atoms with Crippen molar-refractivity contribution in [2.75, 3.05) is 0 Å². The molecule has 0 aliphatic rings. The Balaban J connectivity index is 2.07. The van der Waals surface area contributed by atoms with Gasteiger partial charge in [0.15, 0.2) is 23.3 Å². The Labute approximate surface area is 174 Å². The van der Waals surface area contributed by atoms with Crippen LogP contribution in [0.15, 0.2) is 30.3 Å². The van der Waals surface area contributed by atoms with E-state index in [1.165, 1.54) is 31.4 Å². The summed E-state index contributed by atoms with van der Waals surface area (Å²) in [4.78, 5) is 0. The van der Waals surface area contributed by atoms with Crippen LogP contribution in [0, 0.1) is 23.3 Å². The summed E-state index contributed by atoms with van der Waals surface area (Å²) in [5.41, 5.74) is 0.374. The number of aliphatic hydroxyl groups is 2. The van der Waals surface area contributed by atoms with E-state index in [1.54, 1.807) is 12.1 Å². The molecule has 0 fully saturated rings. The molecule has 0 heterocycles. The number of benzene rings is 2. The molecule has 30 heavy (non-hydrogen) atoms. The Morgan fingerprint density at radius 1 is 0.800 bits per heavy atom. The van der Waals surface area contributed by atoms with Gasteiger partial charge in [0.25, 0.3) is 6.48 Å². The smallest absolute Gasteiger partial charge is 0.267 e. The summed E-state index contributed by atoms with van der Waals surface area (Å²) in [5.74, 6) is -6.66. The van der Waals surface area contributed by atoms with Crippen molar-refractivity contribution in [2.24, 2.45) is 0 Å². The van der Waals surface area contributed by atoms with Crippen molar-refractivity contribution in [2.45, 2.75) is 70.9 Å². The van der Waals surface area contributed by atoms with Crippen molar-refractivity contribution in [3.63, 3.8) is 0 Å². The highest BCUT2D eigenvalue weighted by Crippen LogP contribution is 2.31. The molecule has 7 heteroatoms. The van der Waals surface area contributed by atoms with E-state index in [9.17, 15) is 27.8 Å². The average molecular weight is 428 g/mol. The molecule has 0 radical (unpaired) electrons. The number of aliphatic hydroxyl groups excluding tert-OH is 1. The largest absolute Gasteiger partial charge is 0.346 e. The van der Waals surface area contributed by atoms with Gasteiger partial charge in [0.1, 0.15) is 0 Å². The Kier molecular flexibility index (Phi) is 9.75. The number of halogens is 4. The molecule has 0 saturated heterocycles. The van der Waals surface area contributed by atoms with Gasteiger partial charge in [-0.15, -0.1) is 0 Å². The lowest BCUT2D eigenvalue weighted by molar-refractivity contribution is -0.259. The van der Waals surface area contributed by atoms with Gasteiger partial charge in [0, 0.05) is 5.56 Å². The number of hydrogen-bond donors (Lipinski definition) is 2. The fourth-order valence-electron chi connectivity index (χ4n) is 3.41. The minimum absolute atomic E-state index is 0.160. The van der Waals surface area contributed by atoms with Crippen LogP contribution in [0.2, 0.25) is 0 Å². The van der Waals surface area contributed by atoms with Crippen LogP contribution in [0.1, 0.15) is 70.0 Å². The molecule has 2 N–H and O–H groups in total. The zero-order chi connectivity index (χ0) is 22.1. The van der Waals surface area contributed by atoms with E-state index in [2.05, 4.69) is 6.92 Å². The second kappa shape index (κ2) is 12.0. The third-order valence-corrected chi connectivity index (χ3v) is 5.05. The van der Waals surface area contributed by atoms with E-state index in [1.807, 2.05) is 0 Å². The molecule has 2 rings (SSSR count). The molecule has 0 spiro atoms. The summed E-state index contributed by atoms with van der Waals surface area (Å²) in [6.07, 6.45) is 7.63. The monoisotopic (exact) mass is 428 g/mol. The average Bonchev–Trinajstić information content (AvgIpc) is 2.73. The quantitative estimate of drug-likeness (QED) is 0.136. The van der Waals surface area contributed by atoms with Gasteiger partial charge < -0.3 is 14.9 Å². The van der Waals surface area contributed by atoms with Crippen LogP contribution in [-0.4, -0.2) is 16.7 Å². The molecule has 0 aromatic heterocycles. The zero-order valence-corrected chi connectivity index (χ0v) is 17.0. The Morgan fingerprint density at radius 2 is 1.40 bits per heavy atom. The standard InChI is InChI=1S/C23H28F4O3/c1-2-3-4-5-6-7-8-9-19(30-23(28)29)16-12-10-15(11-13-16)17-14-18(24)21(26)22(27)20(17)25/h10-14,19,23,28-29H,2-9H2,1H3. The molecule has 3 nitrogen and oxygen atoms in total. The van der Waals surface area contributed by atoms with E-state index in [-0.39, 0.29) is 5.56 Å². The van der Waals surface area contributed by atoms with Gasteiger partial charge in [-0.05, 0) is 23.6 Å². The summed E-state index contributed by atoms with van der Waals surface area (Å²) in [6.45, 7) is 0.210. The minimum Gasteiger partial charge on any atom is -0.346 e. The van der Waals surface area contributed by atoms with Gasteiger partial charge in [-0.25, -0.2) is 17.6 Å². The topological polar surface area (TPSA) is 49.7 Å². The summed E-state index contributed by atoms with van der Waals surface area (Å²) in [6, 6.07) is 6.57. The first-order chi connectivity index (χ1) is 14.3. The predicted molar refractivity (Wildman–Crippen MR) is 106 cm³/mol. The van der Waals surface area contributed by atoms with Crippen LogP contribution in [-0.2, 0) is 4.74 Å². The van der Waals surface area contributed by atoms with E-state index < -0.39 is 41.4 Å². The van der Waals surface area contributed by atoms with Crippen LogP contribution < -0.4 is 0 Å². The van der Waals surface area contributed by atoms with Crippen molar-refractivity contribution in [1.82, 2.24) is 0 Å². The molecular formula is C23H28F4O3. The normalized spacial score (nSPS) is 12.5. The van der Waals surface area contributed by atoms with Gasteiger partial charge in [0.2, 0.25) is 0 Å². The highest BCUT2D eigenvalue weighted by molar-refractivity contribution is 5.64. The molecule has 2 aromatic carbocycles. The molecule has 0 aliphatic heterocycles. The lowest BCUT2D eigenvalue weighted by atomic mass is 9.98. The molecule has 0 saturated carbocycles. The zero-order valence-electron chi connectivity index (χ0n) is 17.0. The molecular weight excluding hydrogens is 400 g/mol. The first kappa shape index (κ1) is 24.3. The van der Waals surface area contributed by atoms with Crippen LogP contribution >= 0.6 is 0 Å². The number of hydrogen-bond acceptors (Lipinski definition) is 3. The highest BCUT2D eigenvalue weighted by Gasteiger charge is 2.20. The number of ether oxygens (including phenoxy) is 1. The van der Waals surface area contributed by atoms with Gasteiger partial charge in [-0.2, -0.15) is 0 Å². The molecule has 166 valence electrons. The SMILES string of the molecule is CCCCCCCCCC(OC(O)O)c1ccc(-c2cc(F)c(F)c(F)c2F)cc1. The van der Waals surface area contributed by atoms with Crippen molar-refractivity contribution in [3.8, 4) is 11.1 Å². The Bertz CT molecular complexity index is 794. The van der Waals surface area contributed by atoms with Crippen LogP contribution in [0.5, 0.6) is 0 Å². The maximum Gasteiger partial charge on any atom is 0.267 e. The predicted octanol–water partition coefficient (Wildman–Crippen LogP) is 6.38. The molecule has 0 bridgehead atoms. The second-order valence-corrected chi connectivity index (χ2v) is 7.33. The fourth-order valence-corrected chi connectivity index (χ4v) is 3.41. The number of rotatable bonds is 12. The molecule has 0 aliphatic carbocycles. The Morgan fingerprint density at radius 3 is 2.00 bits per heavy atom. The van der Waals surface area contributed by atoms with Gasteiger partial charge in [-0.3, -0.25) is 0 Å². The van der Waals surface area contributed by atoms with E-state index in [0.717, 1.165) is 25.7 Å². The molecule has 0 amide bonds. The summed E-state index contributed by atoms with van der Waals surface area (Å²) >= 11 is 0. The van der Waals surface area contributed by atoms with Crippen molar-refractivity contribution in [1.29, 1.82) is 0 Å². The molecule has 1 unspecified atom stereocenters. The molecule has 2 aromatic rings. The third-order valence-electron chi connectivity index (χ3n) is 5.05. The first-order valence-corrected chi connectivity index (χ1v) is 10.3. The van der Waals surface area contributed by atoms with Gasteiger partial charge in [0.05, 0.1) is 6.10 Å². The van der Waals surface area contributed by atoms with E-state index >= 15 is 0 Å². The van der Waals surface area contributed by atoms with Crippen LogP contribution in [0.4, 0.5) is 17.6 Å². The van der Waals surface area contributed by atoms with E-state index in [0.29, 0.717) is 18.1 Å². The maximum absolute atomic E-state index is 14.0. The van der Waals surface area contributed by atoms with E-state index in [4.69, 9.17) is 4.74 Å². The summed E-state index contributed by atoms with van der Waals surface area (Å²) in [5, 5.41) is 18.4. The van der Waals surface area contributed by atoms with Crippen molar-refractivity contribution in [3.05, 3.63) is 59.2 Å². The van der Waals surface area contributed by atoms with Crippen molar-refractivity contribution >= 4 is 0 Å². The lowest BCUT2D eigenvalue weighted by Gasteiger charge is -2.20. The maximum atomic E-state index is 14.0. The highest BCUT2D eigenvalue weighted by atomic mass is 19.2. The minimum atomic E-state index is -1.95. The summed E-state index contributed by atoms with van der Waals surface area (Å²) < 4.78 is 59.3. The van der Waals surface area contributed by atoms with Crippen molar-refractivity contribution < 1.29 is 32.5 Å². The first-order valence-electron chi connectivity index (χ1n) is 10.3. The summed E-state index contributed by atoms with van der Waals surface area (Å²) in [7, 11) is 0. The van der Waals surface area contributed by atoms with Gasteiger partial charge in [-0.1, -0.05) is 76.1 Å². The van der Waals surface area contributed by atoms with Crippen LogP contribution in [0.3, 0.4) is 0 Å². The second-order valence-electron chi connectivity index (χ2n) is 7.33. The number of unbranched alkanes of at least 4 members (excludes halogenated alkanes) is 6. The van der Waals surface area contributed by atoms with Crippen LogP contribution in [0.25, 0.3) is 11.1 Å². The van der Waals surface area contributed by atoms with Gasteiger partial charge >= 0.3 is 0 Å². The lowest BCUT2D eigenvalue weighted by Crippen LogP contribution is -2.15.